The van der Waals surface area contributed by atoms with Gasteiger partial charge in [-0.2, -0.15) is 0 Å². The molecule has 0 fully saturated rings. The van der Waals surface area contributed by atoms with Crippen LogP contribution in [0.3, 0.4) is 0 Å². The summed E-state index contributed by atoms with van der Waals surface area (Å²) in [5.41, 5.74) is 5.77. The summed E-state index contributed by atoms with van der Waals surface area (Å²) < 4.78 is 1.99. The van der Waals surface area contributed by atoms with Gasteiger partial charge in [-0.1, -0.05) is 66.7 Å². The Morgan fingerprint density at radius 3 is 2.23 bits per heavy atom. The number of carbonyl (C=O) groups excluding carboxylic acids is 2. The molecule has 0 saturated carbocycles. The predicted molar refractivity (Wildman–Crippen MR) is 125 cm³/mol. The molecule has 0 aliphatic heterocycles. The molecule has 31 heavy (non-hydrogen) atoms. The van der Waals surface area contributed by atoms with Crippen LogP contribution in [0.25, 0.3) is 22.2 Å². The van der Waals surface area contributed by atoms with Crippen LogP contribution in [-0.2, 0) is 16.1 Å². The van der Waals surface area contributed by atoms with Gasteiger partial charge in [-0.25, -0.2) is 0 Å². The van der Waals surface area contributed by atoms with Gasteiger partial charge < -0.3 is 15.2 Å². The zero-order chi connectivity index (χ0) is 21.8. The molecule has 4 rings (SSSR count). The van der Waals surface area contributed by atoms with Gasteiger partial charge in [0.2, 0.25) is 11.8 Å². The summed E-state index contributed by atoms with van der Waals surface area (Å²) in [5, 5.41) is 6.72. The summed E-state index contributed by atoms with van der Waals surface area (Å²) in [4.78, 5) is 25.1. The first-order valence-electron chi connectivity index (χ1n) is 10.3. The molecule has 4 aromatic rings. The van der Waals surface area contributed by atoms with Gasteiger partial charge in [0.05, 0.1) is 6.54 Å². The molecule has 2 amide bonds. The van der Waals surface area contributed by atoms with E-state index < -0.39 is 0 Å². The van der Waals surface area contributed by atoms with Crippen LogP contribution in [0, 0.1) is 13.8 Å². The quantitative estimate of drug-likeness (QED) is 0.484. The zero-order valence-electron chi connectivity index (χ0n) is 17.7. The van der Waals surface area contributed by atoms with E-state index in [2.05, 4.69) is 16.7 Å². The average molecular weight is 412 g/mol. The van der Waals surface area contributed by atoms with Crippen LogP contribution < -0.4 is 10.6 Å². The second kappa shape index (κ2) is 8.88. The van der Waals surface area contributed by atoms with Crippen LogP contribution in [0.1, 0.15) is 11.1 Å². The zero-order valence-corrected chi connectivity index (χ0v) is 17.7. The summed E-state index contributed by atoms with van der Waals surface area (Å²) in [6.45, 7) is 3.95. The van der Waals surface area contributed by atoms with Gasteiger partial charge in [-0.15, -0.1) is 0 Å². The first kappa shape index (κ1) is 20.4. The monoisotopic (exact) mass is 411 g/mol. The number of benzene rings is 3. The van der Waals surface area contributed by atoms with Crippen molar-refractivity contribution in [1.82, 2.24) is 9.88 Å². The molecule has 0 spiro atoms. The molecule has 0 aliphatic carbocycles. The number of anilines is 1. The average Bonchev–Trinajstić information content (AvgIpc) is 3.14. The Kier molecular flexibility index (Phi) is 5.85. The second-order valence-electron chi connectivity index (χ2n) is 7.63. The Balaban J connectivity index is 1.48. The van der Waals surface area contributed by atoms with Crippen molar-refractivity contribution in [3.8, 4) is 11.3 Å². The lowest BCUT2D eigenvalue weighted by molar-refractivity contribution is -0.124. The van der Waals surface area contributed by atoms with Gasteiger partial charge >= 0.3 is 0 Å². The molecule has 156 valence electrons. The Hall–Kier alpha value is -3.86. The number of aromatic nitrogens is 1. The van der Waals surface area contributed by atoms with Gasteiger partial charge in [-0.3, -0.25) is 9.59 Å². The normalized spacial score (nSPS) is 10.8. The van der Waals surface area contributed by atoms with Crippen molar-refractivity contribution < 1.29 is 9.59 Å². The minimum Gasteiger partial charge on any atom is -0.345 e. The maximum absolute atomic E-state index is 12.7. The third-order valence-corrected chi connectivity index (χ3v) is 5.37. The highest BCUT2D eigenvalue weighted by atomic mass is 16.2. The van der Waals surface area contributed by atoms with Crippen molar-refractivity contribution in [2.75, 3.05) is 11.9 Å². The van der Waals surface area contributed by atoms with E-state index in [0.717, 1.165) is 39.0 Å². The molecular formula is C26H25N3O2. The lowest BCUT2D eigenvalue weighted by Gasteiger charge is -2.13. The van der Waals surface area contributed by atoms with E-state index in [1.807, 2.05) is 91.2 Å². The van der Waals surface area contributed by atoms with Gasteiger partial charge in [0.25, 0.3) is 0 Å². The highest BCUT2D eigenvalue weighted by Crippen LogP contribution is 2.28. The second-order valence-corrected chi connectivity index (χ2v) is 7.63. The first-order valence-corrected chi connectivity index (χ1v) is 10.3. The lowest BCUT2D eigenvalue weighted by Crippen LogP contribution is -2.35. The molecule has 0 saturated heterocycles. The number of para-hydroxylation sites is 2. The molecular weight excluding hydrogens is 386 g/mol. The molecule has 5 nitrogen and oxygen atoms in total. The third kappa shape index (κ3) is 4.51. The molecule has 0 radical (unpaired) electrons. The van der Waals surface area contributed by atoms with Gasteiger partial charge in [0.1, 0.15) is 6.54 Å². The first-order chi connectivity index (χ1) is 15.0. The molecule has 3 aromatic carbocycles. The maximum Gasteiger partial charge on any atom is 0.243 e. The molecule has 0 bridgehead atoms. The van der Waals surface area contributed by atoms with E-state index in [0.29, 0.717) is 0 Å². The van der Waals surface area contributed by atoms with E-state index in [1.54, 1.807) is 0 Å². The fourth-order valence-electron chi connectivity index (χ4n) is 3.80. The number of carbonyl (C=O) groups is 2. The van der Waals surface area contributed by atoms with Crippen molar-refractivity contribution in [3.05, 3.63) is 90.0 Å². The van der Waals surface area contributed by atoms with Crippen molar-refractivity contribution in [1.29, 1.82) is 0 Å². The largest absolute Gasteiger partial charge is 0.345 e. The summed E-state index contributed by atoms with van der Waals surface area (Å²) in [7, 11) is 0. The maximum atomic E-state index is 12.7. The van der Waals surface area contributed by atoms with Crippen molar-refractivity contribution in [3.63, 3.8) is 0 Å². The molecule has 1 aromatic heterocycles. The number of nitrogens with zero attached hydrogens (tertiary/aromatic N) is 1. The van der Waals surface area contributed by atoms with E-state index in [1.165, 1.54) is 0 Å². The molecule has 1 heterocycles. The molecule has 0 aliphatic rings. The number of hydrogen-bond donors (Lipinski definition) is 2. The Labute approximate surface area is 181 Å². The fraction of sp³-hybridized carbons (Fsp3) is 0.154. The van der Waals surface area contributed by atoms with E-state index in [4.69, 9.17) is 0 Å². The molecule has 2 N–H and O–H groups in total. The number of amides is 2. The standard InChI is InChI=1S/C26H25N3O2/c1-18-9-8-10-19(2)26(18)28-24(30)16-27-25(31)17-29-22-14-7-6-13-21(22)15-23(29)20-11-4-3-5-12-20/h3-15H,16-17H2,1-2H3,(H,27,31)(H,28,30). The highest BCUT2D eigenvalue weighted by molar-refractivity contribution is 5.96. The minimum absolute atomic E-state index is 0.0769. The summed E-state index contributed by atoms with van der Waals surface area (Å²) in [6, 6.07) is 25.9. The van der Waals surface area contributed by atoms with Gasteiger partial charge in [-0.05, 0) is 42.7 Å². The SMILES string of the molecule is Cc1cccc(C)c1NC(=O)CNC(=O)Cn1c(-c2ccccc2)cc2ccccc21. The summed E-state index contributed by atoms with van der Waals surface area (Å²) in [6.07, 6.45) is 0. The fourth-order valence-corrected chi connectivity index (χ4v) is 3.80. The van der Waals surface area contributed by atoms with Crippen LogP contribution >= 0.6 is 0 Å². The summed E-state index contributed by atoms with van der Waals surface area (Å²) in [5.74, 6) is -0.457. The van der Waals surface area contributed by atoms with E-state index in [9.17, 15) is 9.59 Å². The van der Waals surface area contributed by atoms with Crippen molar-refractivity contribution in [2.45, 2.75) is 20.4 Å². The van der Waals surface area contributed by atoms with Crippen molar-refractivity contribution >= 4 is 28.4 Å². The predicted octanol–water partition coefficient (Wildman–Crippen LogP) is 4.68. The van der Waals surface area contributed by atoms with E-state index in [-0.39, 0.29) is 24.9 Å². The Morgan fingerprint density at radius 1 is 0.806 bits per heavy atom. The number of rotatable bonds is 6. The van der Waals surface area contributed by atoms with Crippen LogP contribution in [-0.4, -0.2) is 22.9 Å². The Bertz CT molecular complexity index is 1220. The number of aryl methyl sites for hydroxylation is 2. The van der Waals surface area contributed by atoms with Crippen LogP contribution in [0.15, 0.2) is 78.9 Å². The van der Waals surface area contributed by atoms with Crippen molar-refractivity contribution in [2.24, 2.45) is 0 Å². The third-order valence-electron chi connectivity index (χ3n) is 5.37. The van der Waals surface area contributed by atoms with E-state index >= 15 is 0 Å². The van der Waals surface area contributed by atoms with Gasteiger partial charge in [0, 0.05) is 22.3 Å². The minimum atomic E-state index is -0.244. The number of hydrogen-bond acceptors (Lipinski definition) is 2. The van der Waals surface area contributed by atoms with Gasteiger partial charge in [0.15, 0.2) is 0 Å². The highest BCUT2D eigenvalue weighted by Gasteiger charge is 2.14. The molecule has 0 unspecified atom stereocenters. The smallest absolute Gasteiger partial charge is 0.243 e. The summed E-state index contributed by atoms with van der Waals surface area (Å²) >= 11 is 0. The Morgan fingerprint density at radius 2 is 1.48 bits per heavy atom. The molecule has 5 heteroatoms. The topological polar surface area (TPSA) is 63.1 Å². The number of nitrogens with one attached hydrogen (secondary N) is 2. The number of fused-ring (bicyclic) bond motifs is 1. The molecule has 0 atom stereocenters. The lowest BCUT2D eigenvalue weighted by atomic mass is 10.1. The van der Waals surface area contributed by atoms with Crippen LogP contribution in [0.4, 0.5) is 5.69 Å². The van der Waals surface area contributed by atoms with Crippen LogP contribution in [0.2, 0.25) is 0 Å². The van der Waals surface area contributed by atoms with Crippen LogP contribution in [0.5, 0.6) is 0 Å².